The molecule has 0 aliphatic carbocycles. The van der Waals surface area contributed by atoms with Crippen LogP contribution in [-0.4, -0.2) is 31.4 Å². The van der Waals surface area contributed by atoms with E-state index in [2.05, 4.69) is 0 Å². The summed E-state index contributed by atoms with van der Waals surface area (Å²) < 4.78 is 5.18. The number of carbonyl (C=O) groups is 1. The summed E-state index contributed by atoms with van der Waals surface area (Å²) in [4.78, 5) is 15.9. The summed E-state index contributed by atoms with van der Waals surface area (Å²) >= 11 is 0. The van der Waals surface area contributed by atoms with Gasteiger partial charge in [-0.1, -0.05) is 27.7 Å². The molecular formula is C10H21NO3. The monoisotopic (exact) mass is 203 g/mol. The van der Waals surface area contributed by atoms with Gasteiger partial charge < -0.3 is 9.57 Å². The molecule has 0 atom stereocenters. The molecule has 0 saturated carbocycles. The van der Waals surface area contributed by atoms with Gasteiger partial charge >= 0.3 is 6.16 Å². The van der Waals surface area contributed by atoms with Gasteiger partial charge in [0.1, 0.15) is 6.10 Å². The summed E-state index contributed by atoms with van der Waals surface area (Å²) in [7, 11) is 3.28. The van der Waals surface area contributed by atoms with E-state index in [1.807, 2.05) is 27.7 Å². The second kappa shape index (κ2) is 5.86. The van der Waals surface area contributed by atoms with Crippen LogP contribution >= 0.6 is 0 Å². The lowest BCUT2D eigenvalue weighted by Crippen LogP contribution is -2.31. The molecule has 0 spiro atoms. The van der Waals surface area contributed by atoms with E-state index in [0.717, 1.165) is 0 Å². The number of hydrogen-bond acceptors (Lipinski definition) is 4. The largest absolute Gasteiger partial charge is 0.528 e. The van der Waals surface area contributed by atoms with Gasteiger partial charge in [0.05, 0.1) is 0 Å². The molecule has 0 rings (SSSR count). The Hall–Kier alpha value is -0.770. The van der Waals surface area contributed by atoms with E-state index >= 15 is 0 Å². The van der Waals surface area contributed by atoms with E-state index < -0.39 is 6.16 Å². The third kappa shape index (κ3) is 5.07. The predicted molar refractivity (Wildman–Crippen MR) is 54.7 cm³/mol. The van der Waals surface area contributed by atoms with Crippen molar-refractivity contribution in [2.75, 3.05) is 14.1 Å². The molecule has 0 amide bonds. The molecular weight excluding hydrogens is 182 g/mol. The van der Waals surface area contributed by atoms with Crippen LogP contribution in [0.3, 0.4) is 0 Å². The van der Waals surface area contributed by atoms with Crippen LogP contribution in [0.25, 0.3) is 0 Å². The van der Waals surface area contributed by atoms with Gasteiger partial charge in [0.2, 0.25) is 0 Å². The van der Waals surface area contributed by atoms with Gasteiger partial charge in [-0.2, -0.15) is 0 Å². The smallest absolute Gasteiger partial charge is 0.429 e. The SMILES string of the molecule is CC(C)C(OC(=O)ON(C)C)C(C)C. The molecule has 0 fully saturated rings. The van der Waals surface area contributed by atoms with Gasteiger partial charge in [-0.3, -0.25) is 0 Å². The van der Waals surface area contributed by atoms with E-state index in [1.165, 1.54) is 5.06 Å². The molecule has 0 aliphatic heterocycles. The highest BCUT2D eigenvalue weighted by Gasteiger charge is 2.23. The lowest BCUT2D eigenvalue weighted by Gasteiger charge is -2.24. The summed E-state index contributed by atoms with van der Waals surface area (Å²) in [6, 6.07) is 0. The first kappa shape index (κ1) is 13.2. The van der Waals surface area contributed by atoms with Crippen LogP contribution in [0.15, 0.2) is 0 Å². The summed E-state index contributed by atoms with van der Waals surface area (Å²) in [5, 5.41) is 1.32. The molecule has 0 saturated heterocycles. The van der Waals surface area contributed by atoms with Crippen LogP contribution in [0.4, 0.5) is 4.79 Å². The molecule has 0 aromatic heterocycles. The van der Waals surface area contributed by atoms with Crippen LogP contribution in [0, 0.1) is 11.8 Å². The standard InChI is InChI=1S/C10H21NO3/c1-7(2)9(8(3)4)13-10(12)14-11(5)6/h7-9H,1-6H3. The maximum atomic E-state index is 11.2. The Labute approximate surface area is 86.1 Å². The van der Waals surface area contributed by atoms with Gasteiger partial charge in [0.25, 0.3) is 0 Å². The fourth-order valence-corrected chi connectivity index (χ4v) is 1.32. The lowest BCUT2D eigenvalue weighted by atomic mass is 9.96. The third-order valence-corrected chi connectivity index (χ3v) is 1.80. The van der Waals surface area contributed by atoms with Crippen molar-refractivity contribution in [3.05, 3.63) is 0 Å². The Morgan fingerprint density at radius 1 is 1.07 bits per heavy atom. The number of carbonyl (C=O) groups excluding carboxylic acids is 1. The van der Waals surface area contributed by atoms with Crippen LogP contribution in [0.1, 0.15) is 27.7 Å². The molecule has 0 aromatic carbocycles. The molecule has 0 aliphatic rings. The quantitative estimate of drug-likeness (QED) is 0.519. The number of ether oxygens (including phenoxy) is 1. The Kier molecular flexibility index (Phi) is 5.53. The second-order valence-electron chi connectivity index (χ2n) is 4.22. The fraction of sp³-hybridized carbons (Fsp3) is 0.900. The van der Waals surface area contributed by atoms with Crippen LogP contribution in [-0.2, 0) is 9.57 Å². The maximum Gasteiger partial charge on any atom is 0.528 e. The van der Waals surface area contributed by atoms with E-state index in [0.29, 0.717) is 11.8 Å². The van der Waals surface area contributed by atoms with Gasteiger partial charge in [-0.05, 0) is 11.8 Å². The predicted octanol–water partition coefficient (Wildman–Crippen LogP) is 2.30. The van der Waals surface area contributed by atoms with E-state index in [4.69, 9.17) is 9.57 Å². The molecule has 14 heavy (non-hydrogen) atoms. The maximum absolute atomic E-state index is 11.2. The van der Waals surface area contributed by atoms with Crippen molar-refractivity contribution in [3.8, 4) is 0 Å². The Morgan fingerprint density at radius 2 is 1.50 bits per heavy atom. The summed E-state index contributed by atoms with van der Waals surface area (Å²) in [6.45, 7) is 8.09. The van der Waals surface area contributed by atoms with Gasteiger partial charge in [0.15, 0.2) is 0 Å². The first-order valence-electron chi connectivity index (χ1n) is 4.90. The first-order chi connectivity index (χ1) is 6.34. The number of nitrogens with zero attached hydrogens (tertiary/aromatic N) is 1. The Balaban J connectivity index is 4.10. The van der Waals surface area contributed by atoms with Crippen molar-refractivity contribution in [1.82, 2.24) is 5.06 Å². The minimum Gasteiger partial charge on any atom is -0.429 e. The number of rotatable bonds is 4. The van der Waals surface area contributed by atoms with Crippen molar-refractivity contribution in [3.63, 3.8) is 0 Å². The van der Waals surface area contributed by atoms with Crippen LogP contribution < -0.4 is 0 Å². The average Bonchev–Trinajstić information content (AvgIpc) is 1.97. The van der Waals surface area contributed by atoms with Crippen LogP contribution in [0.2, 0.25) is 0 Å². The van der Waals surface area contributed by atoms with Crippen molar-refractivity contribution in [2.45, 2.75) is 33.8 Å². The highest BCUT2D eigenvalue weighted by molar-refractivity contribution is 5.59. The minimum absolute atomic E-state index is 0.0950. The summed E-state index contributed by atoms with van der Waals surface area (Å²) in [5.41, 5.74) is 0. The highest BCUT2D eigenvalue weighted by atomic mass is 16.8. The van der Waals surface area contributed by atoms with Crippen molar-refractivity contribution in [1.29, 1.82) is 0 Å². The Bertz CT molecular complexity index is 170. The van der Waals surface area contributed by atoms with E-state index in [1.54, 1.807) is 14.1 Å². The zero-order valence-corrected chi connectivity index (χ0v) is 9.90. The molecule has 4 heteroatoms. The third-order valence-electron chi connectivity index (χ3n) is 1.80. The topological polar surface area (TPSA) is 38.8 Å². The van der Waals surface area contributed by atoms with E-state index in [-0.39, 0.29) is 6.10 Å². The minimum atomic E-state index is -0.637. The van der Waals surface area contributed by atoms with Crippen LogP contribution in [0.5, 0.6) is 0 Å². The number of hydroxylamine groups is 2. The lowest BCUT2D eigenvalue weighted by molar-refractivity contribution is -0.111. The zero-order chi connectivity index (χ0) is 11.3. The normalized spacial score (nSPS) is 11.6. The molecule has 0 unspecified atom stereocenters. The molecule has 0 radical (unpaired) electrons. The van der Waals surface area contributed by atoms with Crippen molar-refractivity contribution >= 4 is 6.16 Å². The number of hydrogen-bond donors (Lipinski definition) is 0. The molecule has 0 aromatic rings. The summed E-state index contributed by atoms with van der Waals surface area (Å²) in [6.07, 6.45) is -0.732. The average molecular weight is 203 g/mol. The first-order valence-corrected chi connectivity index (χ1v) is 4.90. The molecule has 0 heterocycles. The van der Waals surface area contributed by atoms with Gasteiger partial charge in [-0.15, -0.1) is 5.06 Å². The van der Waals surface area contributed by atoms with Gasteiger partial charge in [0, 0.05) is 14.1 Å². The van der Waals surface area contributed by atoms with E-state index in [9.17, 15) is 4.79 Å². The Morgan fingerprint density at radius 3 is 1.79 bits per heavy atom. The second-order valence-corrected chi connectivity index (χ2v) is 4.22. The summed E-state index contributed by atoms with van der Waals surface area (Å²) in [5.74, 6) is 0.592. The molecule has 0 bridgehead atoms. The molecule has 4 nitrogen and oxygen atoms in total. The van der Waals surface area contributed by atoms with Crippen molar-refractivity contribution < 1.29 is 14.4 Å². The zero-order valence-electron chi connectivity index (χ0n) is 9.90. The fourth-order valence-electron chi connectivity index (χ4n) is 1.32. The highest BCUT2D eigenvalue weighted by Crippen LogP contribution is 2.16. The van der Waals surface area contributed by atoms with Crippen molar-refractivity contribution in [2.24, 2.45) is 11.8 Å². The molecule has 84 valence electrons. The van der Waals surface area contributed by atoms with Gasteiger partial charge in [-0.25, -0.2) is 4.79 Å². The molecule has 0 N–H and O–H groups in total.